The van der Waals surface area contributed by atoms with Gasteiger partial charge in [0, 0.05) is 10.6 Å². The van der Waals surface area contributed by atoms with Crippen molar-refractivity contribution in [3.05, 3.63) is 34.9 Å². The van der Waals surface area contributed by atoms with Crippen molar-refractivity contribution in [2.45, 2.75) is 45.6 Å². The molecule has 0 heterocycles. The number of rotatable bonds is 6. The first-order chi connectivity index (χ1) is 7.55. The highest BCUT2D eigenvalue weighted by molar-refractivity contribution is 6.31. The van der Waals surface area contributed by atoms with Gasteiger partial charge >= 0.3 is 0 Å². The molecule has 2 heteroatoms. The Labute approximate surface area is 104 Å². The van der Waals surface area contributed by atoms with Crippen LogP contribution in [0.5, 0.6) is 0 Å². The molecule has 16 heavy (non-hydrogen) atoms. The molecule has 1 aromatic rings. The van der Waals surface area contributed by atoms with Crippen molar-refractivity contribution in [1.29, 1.82) is 0 Å². The lowest BCUT2D eigenvalue weighted by Gasteiger charge is -2.24. The maximum absolute atomic E-state index is 6.10. The van der Waals surface area contributed by atoms with Gasteiger partial charge in [0.15, 0.2) is 0 Å². The summed E-state index contributed by atoms with van der Waals surface area (Å²) in [6.45, 7) is 7.73. The smallest absolute Gasteiger partial charge is 0.0437 e. The van der Waals surface area contributed by atoms with Crippen LogP contribution < -0.4 is 5.32 Å². The van der Waals surface area contributed by atoms with Gasteiger partial charge in [-0.2, -0.15) is 0 Å². The highest BCUT2D eigenvalue weighted by Gasteiger charge is 2.12. The van der Waals surface area contributed by atoms with Gasteiger partial charge in [-0.15, -0.1) is 0 Å². The lowest BCUT2D eigenvalue weighted by molar-refractivity contribution is 0.374. The van der Waals surface area contributed by atoms with Crippen molar-refractivity contribution < 1.29 is 0 Å². The lowest BCUT2D eigenvalue weighted by Crippen LogP contribution is -2.39. The SMILES string of the molecule is CCC(C)(C)NCCCc1ccccc1Cl. The molecule has 0 aliphatic heterocycles. The molecule has 0 spiro atoms. The molecule has 0 amide bonds. The summed E-state index contributed by atoms with van der Waals surface area (Å²) in [4.78, 5) is 0. The van der Waals surface area contributed by atoms with Gasteiger partial charge in [0.1, 0.15) is 0 Å². The first-order valence-electron chi connectivity index (χ1n) is 6.03. The number of halogens is 1. The summed E-state index contributed by atoms with van der Waals surface area (Å²) < 4.78 is 0. The van der Waals surface area contributed by atoms with Gasteiger partial charge in [0.2, 0.25) is 0 Å². The fourth-order valence-corrected chi connectivity index (χ4v) is 1.76. The van der Waals surface area contributed by atoms with Gasteiger partial charge in [-0.05, 0) is 51.3 Å². The average molecular weight is 240 g/mol. The summed E-state index contributed by atoms with van der Waals surface area (Å²) >= 11 is 6.10. The summed E-state index contributed by atoms with van der Waals surface area (Å²) in [6.07, 6.45) is 3.33. The quantitative estimate of drug-likeness (QED) is 0.739. The second kappa shape index (κ2) is 6.27. The van der Waals surface area contributed by atoms with Crippen LogP contribution in [0.2, 0.25) is 5.02 Å². The Balaban J connectivity index is 2.29. The average Bonchev–Trinajstić information content (AvgIpc) is 2.27. The minimum atomic E-state index is 0.250. The molecule has 0 aliphatic carbocycles. The first kappa shape index (κ1) is 13.5. The Hall–Kier alpha value is -0.530. The van der Waals surface area contributed by atoms with E-state index in [0.29, 0.717) is 0 Å². The second-order valence-corrected chi connectivity index (χ2v) is 5.27. The fraction of sp³-hybridized carbons (Fsp3) is 0.571. The topological polar surface area (TPSA) is 12.0 Å². The molecule has 0 aromatic heterocycles. The predicted octanol–water partition coefficient (Wildman–Crippen LogP) is 4.05. The van der Waals surface area contributed by atoms with Crippen LogP contribution >= 0.6 is 11.6 Å². The molecule has 0 radical (unpaired) electrons. The van der Waals surface area contributed by atoms with E-state index in [4.69, 9.17) is 11.6 Å². The molecule has 0 fully saturated rings. The number of hydrogen-bond acceptors (Lipinski definition) is 1. The minimum Gasteiger partial charge on any atom is -0.312 e. The van der Waals surface area contributed by atoms with Crippen LogP contribution in [0, 0.1) is 0 Å². The molecule has 1 rings (SSSR count). The van der Waals surface area contributed by atoms with Crippen LogP contribution in [0.25, 0.3) is 0 Å². The van der Waals surface area contributed by atoms with E-state index in [-0.39, 0.29) is 5.54 Å². The molecular formula is C14H22ClN. The molecule has 1 N–H and O–H groups in total. The zero-order valence-electron chi connectivity index (χ0n) is 10.5. The summed E-state index contributed by atoms with van der Waals surface area (Å²) in [6, 6.07) is 8.09. The van der Waals surface area contributed by atoms with Crippen molar-refractivity contribution in [2.24, 2.45) is 0 Å². The number of hydrogen-bond donors (Lipinski definition) is 1. The standard InChI is InChI=1S/C14H22ClN/c1-4-14(2,3)16-11-7-9-12-8-5-6-10-13(12)15/h5-6,8,10,16H,4,7,9,11H2,1-3H3. The first-order valence-corrected chi connectivity index (χ1v) is 6.41. The zero-order valence-corrected chi connectivity index (χ0v) is 11.3. The molecule has 0 atom stereocenters. The number of aryl methyl sites for hydroxylation is 1. The van der Waals surface area contributed by atoms with Crippen LogP contribution in [0.15, 0.2) is 24.3 Å². The third-order valence-electron chi connectivity index (χ3n) is 3.07. The maximum Gasteiger partial charge on any atom is 0.0437 e. The summed E-state index contributed by atoms with van der Waals surface area (Å²) in [7, 11) is 0. The Morgan fingerprint density at radius 1 is 1.25 bits per heavy atom. The second-order valence-electron chi connectivity index (χ2n) is 4.86. The van der Waals surface area contributed by atoms with E-state index in [1.165, 1.54) is 5.56 Å². The molecule has 90 valence electrons. The lowest BCUT2D eigenvalue weighted by atomic mass is 10.0. The number of nitrogens with one attached hydrogen (secondary N) is 1. The van der Waals surface area contributed by atoms with Crippen LogP contribution in [0.4, 0.5) is 0 Å². The minimum absolute atomic E-state index is 0.250. The van der Waals surface area contributed by atoms with E-state index in [0.717, 1.165) is 30.8 Å². The normalized spacial score (nSPS) is 11.8. The van der Waals surface area contributed by atoms with Gasteiger partial charge < -0.3 is 5.32 Å². The zero-order chi connectivity index (χ0) is 12.0. The Kier molecular flexibility index (Phi) is 5.30. The third kappa shape index (κ3) is 4.54. The van der Waals surface area contributed by atoms with Gasteiger partial charge in [0.25, 0.3) is 0 Å². The van der Waals surface area contributed by atoms with Crippen LogP contribution in [-0.2, 0) is 6.42 Å². The Morgan fingerprint density at radius 3 is 2.56 bits per heavy atom. The van der Waals surface area contributed by atoms with E-state index >= 15 is 0 Å². The van der Waals surface area contributed by atoms with Crippen molar-refractivity contribution in [2.75, 3.05) is 6.54 Å². The van der Waals surface area contributed by atoms with Gasteiger partial charge in [-0.25, -0.2) is 0 Å². The van der Waals surface area contributed by atoms with Crippen molar-refractivity contribution in [3.63, 3.8) is 0 Å². The maximum atomic E-state index is 6.10. The van der Waals surface area contributed by atoms with Gasteiger partial charge in [-0.3, -0.25) is 0 Å². The van der Waals surface area contributed by atoms with Crippen molar-refractivity contribution in [1.82, 2.24) is 5.32 Å². The van der Waals surface area contributed by atoms with Crippen LogP contribution in [0.1, 0.15) is 39.2 Å². The summed E-state index contributed by atoms with van der Waals surface area (Å²) in [5, 5.41) is 4.44. The third-order valence-corrected chi connectivity index (χ3v) is 3.44. The Bertz CT molecular complexity index is 320. The highest BCUT2D eigenvalue weighted by atomic mass is 35.5. The monoisotopic (exact) mass is 239 g/mol. The largest absolute Gasteiger partial charge is 0.312 e. The molecule has 1 nitrogen and oxygen atoms in total. The van der Waals surface area contributed by atoms with E-state index in [9.17, 15) is 0 Å². The molecule has 0 unspecified atom stereocenters. The van der Waals surface area contributed by atoms with E-state index < -0.39 is 0 Å². The molecule has 1 aromatic carbocycles. The number of benzene rings is 1. The van der Waals surface area contributed by atoms with Crippen molar-refractivity contribution in [3.8, 4) is 0 Å². The van der Waals surface area contributed by atoms with Gasteiger partial charge in [-0.1, -0.05) is 36.7 Å². The molecule has 0 aliphatic rings. The van der Waals surface area contributed by atoms with E-state index in [2.05, 4.69) is 32.2 Å². The van der Waals surface area contributed by atoms with E-state index in [1.807, 2.05) is 18.2 Å². The molecule has 0 saturated heterocycles. The van der Waals surface area contributed by atoms with Crippen LogP contribution in [0.3, 0.4) is 0 Å². The molecular weight excluding hydrogens is 218 g/mol. The summed E-state index contributed by atoms with van der Waals surface area (Å²) in [5.74, 6) is 0. The molecule has 0 bridgehead atoms. The fourth-order valence-electron chi connectivity index (χ4n) is 1.53. The van der Waals surface area contributed by atoms with E-state index in [1.54, 1.807) is 0 Å². The Morgan fingerprint density at radius 2 is 1.94 bits per heavy atom. The van der Waals surface area contributed by atoms with Crippen LogP contribution in [-0.4, -0.2) is 12.1 Å². The van der Waals surface area contributed by atoms with Gasteiger partial charge in [0.05, 0.1) is 0 Å². The molecule has 0 saturated carbocycles. The van der Waals surface area contributed by atoms with Crippen molar-refractivity contribution >= 4 is 11.6 Å². The highest BCUT2D eigenvalue weighted by Crippen LogP contribution is 2.16. The summed E-state index contributed by atoms with van der Waals surface area (Å²) in [5.41, 5.74) is 1.50. The predicted molar refractivity (Wildman–Crippen MR) is 72.1 cm³/mol.